The Labute approximate surface area is 107 Å². The first-order chi connectivity index (χ1) is 8.54. The number of hydrogen-bond donors (Lipinski definition) is 1. The molecule has 4 aliphatic rings. The molecule has 0 aromatic heterocycles. The highest BCUT2D eigenvalue weighted by Crippen LogP contribution is 2.46. The Hall–Kier alpha value is -0.170. The van der Waals surface area contributed by atoms with Crippen LogP contribution in [0, 0.1) is 5.41 Å². The Kier molecular flexibility index (Phi) is 2.25. The van der Waals surface area contributed by atoms with Crippen molar-refractivity contribution >= 4 is 9.84 Å². The van der Waals surface area contributed by atoms with Crippen LogP contribution in [0.4, 0.5) is 0 Å². The summed E-state index contributed by atoms with van der Waals surface area (Å²) < 4.78 is 35.5. The van der Waals surface area contributed by atoms with Crippen LogP contribution in [-0.4, -0.2) is 51.0 Å². The summed E-state index contributed by atoms with van der Waals surface area (Å²) in [7, 11) is -2.87. The molecule has 4 aliphatic heterocycles. The van der Waals surface area contributed by atoms with Gasteiger partial charge in [0.25, 0.3) is 0 Å². The van der Waals surface area contributed by atoms with Gasteiger partial charge in [0, 0.05) is 19.4 Å². The molecule has 4 saturated heterocycles. The number of rotatable bonds is 0. The van der Waals surface area contributed by atoms with Crippen LogP contribution in [0.15, 0.2) is 0 Å². The molecule has 0 aromatic rings. The fourth-order valence-electron chi connectivity index (χ4n) is 3.81. The number of fused-ring (bicyclic) bond motifs is 2. The van der Waals surface area contributed by atoms with Crippen molar-refractivity contribution in [3.05, 3.63) is 0 Å². The summed E-state index contributed by atoms with van der Waals surface area (Å²) in [5, 5.41) is 3.13. The molecule has 1 N–H and O–H groups in total. The summed E-state index contributed by atoms with van der Waals surface area (Å²) in [6, 6.07) is 0. The summed E-state index contributed by atoms with van der Waals surface area (Å²) in [6.07, 6.45) is 2.88. The zero-order chi connectivity index (χ0) is 12.4. The largest absolute Gasteiger partial charge is 0.380 e. The van der Waals surface area contributed by atoms with E-state index in [1.54, 1.807) is 0 Å². The lowest BCUT2D eigenvalue weighted by Gasteiger charge is -2.52. The van der Waals surface area contributed by atoms with Gasteiger partial charge in [-0.25, -0.2) is 8.42 Å². The summed E-state index contributed by atoms with van der Waals surface area (Å²) >= 11 is 0. The van der Waals surface area contributed by atoms with Crippen LogP contribution in [0.5, 0.6) is 0 Å². The standard InChI is InChI=1S/C12H19NO4S/c14-18(15)9-1-2-10(18)4-12(3-9)13-5-11(8-17-12)6-16-7-11/h9-10,13H,1-8H2. The molecule has 0 aliphatic carbocycles. The quantitative estimate of drug-likeness (QED) is 0.676. The molecule has 18 heavy (non-hydrogen) atoms. The molecule has 2 unspecified atom stereocenters. The van der Waals surface area contributed by atoms with Gasteiger partial charge >= 0.3 is 0 Å². The van der Waals surface area contributed by atoms with E-state index < -0.39 is 9.84 Å². The molecule has 4 fully saturated rings. The fraction of sp³-hybridized carbons (Fsp3) is 1.00. The first kappa shape index (κ1) is 11.6. The monoisotopic (exact) mass is 273 g/mol. The van der Waals surface area contributed by atoms with Gasteiger partial charge in [-0.2, -0.15) is 0 Å². The Morgan fingerprint density at radius 3 is 2.17 bits per heavy atom. The number of nitrogens with one attached hydrogen (secondary N) is 1. The normalized spacial score (nSPS) is 48.2. The van der Waals surface area contributed by atoms with Crippen molar-refractivity contribution in [3.8, 4) is 0 Å². The summed E-state index contributed by atoms with van der Waals surface area (Å²) in [6.45, 7) is 3.13. The van der Waals surface area contributed by atoms with E-state index in [9.17, 15) is 8.42 Å². The summed E-state index contributed by atoms with van der Waals surface area (Å²) in [5.41, 5.74) is -0.224. The molecule has 5 nitrogen and oxygen atoms in total. The van der Waals surface area contributed by atoms with Gasteiger partial charge in [0.2, 0.25) is 0 Å². The smallest absolute Gasteiger partial charge is 0.156 e. The zero-order valence-corrected chi connectivity index (χ0v) is 11.2. The lowest BCUT2D eigenvalue weighted by Crippen LogP contribution is -2.67. The van der Waals surface area contributed by atoms with Crippen molar-refractivity contribution in [2.45, 2.75) is 41.9 Å². The van der Waals surface area contributed by atoms with Gasteiger partial charge < -0.3 is 9.47 Å². The van der Waals surface area contributed by atoms with Gasteiger partial charge in [-0.15, -0.1) is 0 Å². The maximum absolute atomic E-state index is 12.1. The van der Waals surface area contributed by atoms with E-state index in [-0.39, 0.29) is 21.6 Å². The summed E-state index contributed by atoms with van der Waals surface area (Å²) in [5.74, 6) is 0. The predicted octanol–water partition coefficient (Wildman–Crippen LogP) is 0.0587. The third-order valence-electron chi connectivity index (χ3n) is 5.11. The van der Waals surface area contributed by atoms with Gasteiger partial charge in [-0.1, -0.05) is 0 Å². The highest BCUT2D eigenvalue weighted by molar-refractivity contribution is 7.93. The molecule has 4 heterocycles. The average Bonchev–Trinajstić information content (AvgIpc) is 2.51. The molecule has 102 valence electrons. The molecule has 4 rings (SSSR count). The SMILES string of the molecule is O=S1(=O)C2CCC1CC1(C2)NCC2(COC2)CO1. The lowest BCUT2D eigenvalue weighted by atomic mass is 9.84. The molecule has 0 radical (unpaired) electrons. The van der Waals surface area contributed by atoms with Gasteiger partial charge in [0.05, 0.1) is 35.7 Å². The minimum Gasteiger partial charge on any atom is -0.380 e. The molecule has 0 saturated carbocycles. The predicted molar refractivity (Wildman–Crippen MR) is 64.9 cm³/mol. The van der Waals surface area contributed by atoms with Crippen LogP contribution in [-0.2, 0) is 19.3 Å². The van der Waals surface area contributed by atoms with Crippen LogP contribution in [0.2, 0.25) is 0 Å². The average molecular weight is 273 g/mol. The molecule has 0 amide bonds. The van der Waals surface area contributed by atoms with Crippen LogP contribution in [0.3, 0.4) is 0 Å². The van der Waals surface area contributed by atoms with Crippen molar-refractivity contribution in [1.29, 1.82) is 0 Å². The van der Waals surface area contributed by atoms with E-state index in [0.29, 0.717) is 19.4 Å². The Bertz CT molecular complexity index is 438. The van der Waals surface area contributed by atoms with Crippen LogP contribution in [0.25, 0.3) is 0 Å². The third-order valence-corrected chi connectivity index (χ3v) is 7.77. The lowest BCUT2D eigenvalue weighted by molar-refractivity contribution is -0.225. The van der Waals surface area contributed by atoms with E-state index in [0.717, 1.165) is 32.6 Å². The molecule has 2 atom stereocenters. The van der Waals surface area contributed by atoms with Crippen molar-refractivity contribution < 1.29 is 17.9 Å². The zero-order valence-electron chi connectivity index (χ0n) is 10.4. The molecule has 0 aromatic carbocycles. The highest BCUT2D eigenvalue weighted by Gasteiger charge is 2.57. The van der Waals surface area contributed by atoms with E-state index >= 15 is 0 Å². The molecular weight excluding hydrogens is 254 g/mol. The van der Waals surface area contributed by atoms with Gasteiger partial charge in [0.15, 0.2) is 9.84 Å². The second-order valence-corrected chi connectivity index (χ2v) is 8.96. The third kappa shape index (κ3) is 1.46. The molecule has 6 heteroatoms. The number of hydrogen-bond acceptors (Lipinski definition) is 5. The first-order valence-corrected chi connectivity index (χ1v) is 8.34. The molecule has 2 spiro atoms. The first-order valence-electron chi connectivity index (χ1n) is 6.73. The van der Waals surface area contributed by atoms with Crippen molar-refractivity contribution in [2.24, 2.45) is 5.41 Å². The number of ether oxygens (including phenoxy) is 2. The molecular formula is C12H19NO4S. The van der Waals surface area contributed by atoms with Crippen LogP contribution < -0.4 is 5.32 Å². The summed E-state index contributed by atoms with van der Waals surface area (Å²) in [4.78, 5) is 0. The Balaban J connectivity index is 1.54. The topological polar surface area (TPSA) is 64.6 Å². The van der Waals surface area contributed by atoms with Crippen LogP contribution in [0.1, 0.15) is 25.7 Å². The van der Waals surface area contributed by atoms with Gasteiger partial charge in [0.1, 0.15) is 5.72 Å². The second-order valence-electron chi connectivity index (χ2n) is 6.45. The van der Waals surface area contributed by atoms with E-state index in [4.69, 9.17) is 9.47 Å². The Morgan fingerprint density at radius 2 is 1.72 bits per heavy atom. The van der Waals surface area contributed by atoms with E-state index in [1.807, 2.05) is 0 Å². The van der Waals surface area contributed by atoms with Gasteiger partial charge in [-0.3, -0.25) is 5.32 Å². The minimum atomic E-state index is -2.87. The van der Waals surface area contributed by atoms with Crippen molar-refractivity contribution in [1.82, 2.24) is 5.32 Å². The van der Waals surface area contributed by atoms with Crippen molar-refractivity contribution in [3.63, 3.8) is 0 Å². The second kappa shape index (κ2) is 3.48. The maximum atomic E-state index is 12.1. The maximum Gasteiger partial charge on any atom is 0.156 e. The highest BCUT2D eigenvalue weighted by atomic mass is 32.2. The molecule has 2 bridgehead atoms. The number of sulfone groups is 1. The van der Waals surface area contributed by atoms with Crippen molar-refractivity contribution in [2.75, 3.05) is 26.4 Å². The van der Waals surface area contributed by atoms with E-state index in [1.165, 1.54) is 0 Å². The van der Waals surface area contributed by atoms with Gasteiger partial charge in [-0.05, 0) is 12.8 Å². The van der Waals surface area contributed by atoms with Crippen LogP contribution >= 0.6 is 0 Å². The Morgan fingerprint density at radius 1 is 1.06 bits per heavy atom. The fourth-order valence-corrected chi connectivity index (χ4v) is 6.28. The van der Waals surface area contributed by atoms with E-state index in [2.05, 4.69) is 5.32 Å². The minimum absolute atomic E-state index is 0.153.